The maximum absolute atomic E-state index is 7.99. The summed E-state index contributed by atoms with van der Waals surface area (Å²) in [5.41, 5.74) is 0. The first-order valence-electron chi connectivity index (χ1n) is 4.24. The smallest absolute Gasteiger partial charge is 0.216 e. The molecule has 0 aromatic rings. The fraction of sp³-hybridized carbons (Fsp3) is 1.00. The van der Waals surface area contributed by atoms with Crippen LogP contribution in [0.4, 0.5) is 0 Å². The maximum atomic E-state index is 7.99. The fourth-order valence-electron chi connectivity index (χ4n) is 0.744. The lowest BCUT2D eigenvalue weighted by molar-refractivity contribution is 0.389. The molecule has 0 amide bonds. The summed E-state index contributed by atoms with van der Waals surface area (Å²) in [5.74, 6) is 0.669. The largest absolute Gasteiger partial charge is 0.370 e. The molecule has 0 aromatic carbocycles. The molecule has 0 radical (unpaired) electrons. The Hall–Kier alpha value is 0.500. The van der Waals surface area contributed by atoms with Gasteiger partial charge in [0.05, 0.1) is 6.61 Å². The monoisotopic (exact) mass is 200 g/mol. The van der Waals surface area contributed by atoms with Crippen molar-refractivity contribution in [2.75, 3.05) is 18.5 Å². The van der Waals surface area contributed by atoms with Crippen LogP contribution in [0.5, 0.6) is 0 Å². The third kappa shape index (κ3) is 3.16. The van der Waals surface area contributed by atoms with Gasteiger partial charge in [0.15, 0.2) is 0 Å². The molecular weight excluding hydrogens is 181 g/mol. The summed E-state index contributed by atoms with van der Waals surface area (Å²) in [7, 11) is -1.83. The van der Waals surface area contributed by atoms with Gasteiger partial charge in [-0.1, -0.05) is 13.8 Å². The first kappa shape index (κ1) is 9.59. The number of hydrogen-bond acceptors (Lipinski definition) is 3. The minimum Gasteiger partial charge on any atom is -0.370 e. The topological polar surface area (TPSA) is 53.3 Å². The molecule has 0 rings (SSSR count). The average molecular weight is 200 g/mol. The van der Waals surface area contributed by atoms with Crippen LogP contribution in [0.25, 0.3) is 0 Å². The van der Waals surface area contributed by atoms with Gasteiger partial charge in [-0.3, -0.25) is 4.78 Å². The molecule has 0 bridgehead atoms. The van der Waals surface area contributed by atoms with Crippen molar-refractivity contribution in [3.8, 4) is 0 Å². The van der Waals surface area contributed by atoms with Crippen LogP contribution >= 0.6 is 6.92 Å². The average Bonchev–Trinajstić information content (AvgIpc) is 2.07. The molecule has 0 aliphatic rings. The summed E-state index contributed by atoms with van der Waals surface area (Å²) in [4.78, 5) is 4.58. The molecule has 11 heavy (non-hydrogen) atoms. The molecule has 0 heterocycles. The van der Waals surface area contributed by atoms with Gasteiger partial charge in [-0.05, 0) is 22.4 Å². The van der Waals surface area contributed by atoms with E-state index in [0.717, 1.165) is 6.16 Å². The summed E-state index contributed by atoms with van der Waals surface area (Å²) in [6, 6.07) is 0. The first-order chi connectivity index (χ1) is 5.64. The standard InChI is InChI=1S/C6H18NO2PS/c1-4-9-11(7,6-3)10(8)5-2/h7-8,10H,4-6H2,1-3H3/i/hD. The summed E-state index contributed by atoms with van der Waals surface area (Å²) in [5, 5.41) is 0. The van der Waals surface area contributed by atoms with Crippen LogP contribution in [0, 0.1) is 4.78 Å². The second-order valence-corrected chi connectivity index (χ2v) is 9.06. The van der Waals surface area contributed by atoms with Crippen LogP contribution in [0.15, 0.2) is 0 Å². The second kappa shape index (κ2) is 5.20. The van der Waals surface area contributed by atoms with E-state index in [1.165, 1.54) is 0 Å². The lowest BCUT2D eigenvalue weighted by Gasteiger charge is -2.15. The van der Waals surface area contributed by atoms with Gasteiger partial charge in [0.2, 0.25) is 1.43 Å². The van der Waals surface area contributed by atoms with Crippen LogP contribution in [0.2, 0.25) is 0 Å². The molecule has 2 atom stereocenters. The summed E-state index contributed by atoms with van der Waals surface area (Å²) < 4.78 is 20.2. The summed E-state index contributed by atoms with van der Waals surface area (Å²) in [6.07, 6.45) is 0.765. The van der Waals surface area contributed by atoms with Gasteiger partial charge in [0, 0.05) is 12.7 Å². The second-order valence-electron chi connectivity index (χ2n) is 2.10. The quantitative estimate of drug-likeness (QED) is 0.666. The first-order valence-corrected chi connectivity index (χ1v) is 7.90. The predicted molar refractivity (Wildman–Crippen MR) is 53.3 cm³/mol. The van der Waals surface area contributed by atoms with Gasteiger partial charge in [-0.2, -0.15) is 0 Å². The Morgan fingerprint density at radius 1 is 1.64 bits per heavy atom. The Labute approximate surface area is 71.4 Å². The molecule has 2 unspecified atom stereocenters. The van der Waals surface area contributed by atoms with Crippen molar-refractivity contribution in [1.29, 1.82) is 6.21 Å². The normalized spacial score (nSPS) is 20.5. The predicted octanol–water partition coefficient (Wildman–Crippen LogP) is 1.93. The Bertz CT molecular complexity index is 232. The number of hydrogen-bond donors (Lipinski definition) is 2. The van der Waals surface area contributed by atoms with Crippen molar-refractivity contribution in [2.45, 2.75) is 20.8 Å². The van der Waals surface area contributed by atoms with E-state index in [1.54, 1.807) is 0 Å². The summed E-state index contributed by atoms with van der Waals surface area (Å²) >= 11 is 0. The third-order valence-corrected chi connectivity index (χ3v) is 8.44. The highest BCUT2D eigenvalue weighted by Gasteiger charge is 2.03. The highest BCUT2D eigenvalue weighted by atomic mass is 32.5. The van der Waals surface area contributed by atoms with Gasteiger partial charge in [0.25, 0.3) is 0 Å². The molecule has 5 heteroatoms. The molecule has 70 valence electrons. The van der Waals surface area contributed by atoms with Crippen LogP contribution in [0.3, 0.4) is 0 Å². The molecule has 0 spiro atoms. The Kier molecular flexibility index (Phi) is 4.53. The highest BCUT2D eigenvalue weighted by Crippen LogP contribution is 2.27. The molecular formula is C6H18NO2PS. The van der Waals surface area contributed by atoms with Gasteiger partial charge in [-0.25, -0.2) is 0 Å². The lowest BCUT2D eigenvalue weighted by atomic mass is 10.9. The van der Waals surface area contributed by atoms with Crippen molar-refractivity contribution < 1.29 is 9.08 Å². The SMILES string of the molecule is [2H]O[PH](CC)=S(=N)(CC)OCC. The van der Waals surface area contributed by atoms with E-state index in [1.807, 2.05) is 20.8 Å². The number of rotatable bonds is 5. The van der Waals surface area contributed by atoms with Gasteiger partial charge in [-0.15, -0.1) is 0 Å². The van der Waals surface area contributed by atoms with E-state index in [9.17, 15) is 0 Å². The van der Waals surface area contributed by atoms with Crippen LogP contribution < -0.4 is 0 Å². The highest BCUT2D eigenvalue weighted by molar-refractivity contribution is 8.26. The zero-order chi connectivity index (χ0) is 9.61. The van der Waals surface area contributed by atoms with Gasteiger partial charge in [0.1, 0.15) is 0 Å². The lowest BCUT2D eigenvalue weighted by Crippen LogP contribution is -2.05. The minimum atomic E-state index is -1.83. The van der Waals surface area contributed by atoms with Crippen molar-refractivity contribution in [1.82, 2.24) is 0 Å². The van der Waals surface area contributed by atoms with Crippen molar-refractivity contribution in [3.05, 3.63) is 0 Å². The molecule has 0 fully saturated rings. The maximum Gasteiger partial charge on any atom is 0.216 e. The van der Waals surface area contributed by atoms with Crippen LogP contribution in [-0.4, -0.2) is 24.8 Å². The molecule has 0 aliphatic heterocycles. The zero-order valence-corrected chi connectivity index (χ0v) is 9.16. The Balaban J connectivity index is 4.90. The molecule has 3 nitrogen and oxygen atoms in total. The van der Waals surface area contributed by atoms with E-state index in [4.69, 9.17) is 10.4 Å². The zero-order valence-electron chi connectivity index (χ0n) is 8.35. The third-order valence-electron chi connectivity index (χ3n) is 1.38. The van der Waals surface area contributed by atoms with Crippen molar-refractivity contribution >= 4 is 16.2 Å². The van der Waals surface area contributed by atoms with E-state index in [2.05, 4.69) is 4.90 Å². The van der Waals surface area contributed by atoms with Gasteiger partial charge < -0.3 is 9.08 Å². The minimum absolute atomic E-state index is 0.546. The number of nitrogens with one attached hydrogen (secondary N) is 1. The molecule has 0 aromatic heterocycles. The van der Waals surface area contributed by atoms with Gasteiger partial charge >= 0.3 is 0 Å². The van der Waals surface area contributed by atoms with E-state index in [0.29, 0.717) is 12.4 Å². The molecule has 0 aliphatic carbocycles. The van der Waals surface area contributed by atoms with Crippen LogP contribution in [0.1, 0.15) is 20.8 Å². The van der Waals surface area contributed by atoms with Crippen molar-refractivity contribution in [2.24, 2.45) is 0 Å². The van der Waals surface area contributed by atoms with Crippen molar-refractivity contribution in [3.63, 3.8) is 0 Å². The summed E-state index contributed by atoms with van der Waals surface area (Å²) in [6.45, 7) is 4.93. The fourth-order valence-corrected chi connectivity index (χ4v) is 5.35. The van der Waals surface area contributed by atoms with Crippen LogP contribution in [-0.2, 0) is 13.5 Å². The Morgan fingerprint density at radius 3 is 2.55 bits per heavy atom. The molecule has 0 saturated heterocycles. The van der Waals surface area contributed by atoms with E-state index in [-0.39, 0.29) is 0 Å². The Morgan fingerprint density at radius 2 is 2.27 bits per heavy atom. The van der Waals surface area contributed by atoms with E-state index >= 15 is 0 Å². The molecule has 2 N–H and O–H groups in total. The molecule has 0 saturated carbocycles. The van der Waals surface area contributed by atoms with E-state index < -0.39 is 16.2 Å².